The highest BCUT2D eigenvalue weighted by Gasteiger charge is 2.18. The van der Waals surface area contributed by atoms with Gasteiger partial charge in [-0.15, -0.1) is 0 Å². The maximum Gasteiger partial charge on any atom is 0.270 e. The molecule has 1 heterocycles. The molecule has 0 bridgehead atoms. The maximum atomic E-state index is 12.5. The molecule has 2 N–H and O–H groups in total. The molecule has 6 nitrogen and oxygen atoms in total. The summed E-state index contributed by atoms with van der Waals surface area (Å²) in [5.74, 6) is -0.0522. The molecular formula is C14H25N3O3. The van der Waals surface area contributed by atoms with Crippen molar-refractivity contribution >= 4 is 11.6 Å². The molecular weight excluding hydrogens is 258 g/mol. The van der Waals surface area contributed by atoms with Gasteiger partial charge in [0.1, 0.15) is 5.69 Å². The van der Waals surface area contributed by atoms with E-state index >= 15 is 0 Å². The van der Waals surface area contributed by atoms with E-state index in [9.17, 15) is 4.79 Å². The van der Waals surface area contributed by atoms with Crippen LogP contribution in [-0.4, -0.2) is 54.9 Å². The molecule has 6 heteroatoms. The fraction of sp³-hybridized carbons (Fsp3) is 0.643. The summed E-state index contributed by atoms with van der Waals surface area (Å²) in [6.45, 7) is 7.29. The number of nitrogens with two attached hydrogens (primary N) is 1. The van der Waals surface area contributed by atoms with Crippen molar-refractivity contribution in [2.45, 2.75) is 13.8 Å². The lowest BCUT2D eigenvalue weighted by Crippen LogP contribution is -2.37. The van der Waals surface area contributed by atoms with Crippen LogP contribution >= 0.6 is 0 Å². The van der Waals surface area contributed by atoms with E-state index in [4.69, 9.17) is 15.2 Å². The molecule has 0 aliphatic heterocycles. The third-order valence-electron chi connectivity index (χ3n) is 2.95. The van der Waals surface area contributed by atoms with Crippen molar-refractivity contribution in [2.75, 3.05) is 45.3 Å². The lowest BCUT2D eigenvalue weighted by atomic mass is 10.3. The summed E-state index contributed by atoms with van der Waals surface area (Å²) in [6.07, 6.45) is 1.73. The largest absolute Gasteiger partial charge is 0.397 e. The van der Waals surface area contributed by atoms with Crippen molar-refractivity contribution in [3.63, 3.8) is 0 Å². The zero-order valence-electron chi connectivity index (χ0n) is 12.6. The molecule has 0 aromatic carbocycles. The van der Waals surface area contributed by atoms with Crippen LogP contribution in [0.15, 0.2) is 12.3 Å². The number of nitrogen functional groups attached to an aromatic ring is 1. The van der Waals surface area contributed by atoms with E-state index in [1.54, 1.807) is 21.7 Å². The molecule has 1 amide bonds. The number of carbonyl (C=O) groups is 1. The molecule has 1 rings (SSSR count). The van der Waals surface area contributed by atoms with Crippen LogP contribution in [0.2, 0.25) is 0 Å². The molecule has 0 unspecified atom stereocenters. The van der Waals surface area contributed by atoms with Gasteiger partial charge in [-0.2, -0.15) is 0 Å². The Bertz CT molecular complexity index is 408. The van der Waals surface area contributed by atoms with Crippen LogP contribution in [0.3, 0.4) is 0 Å². The van der Waals surface area contributed by atoms with E-state index in [-0.39, 0.29) is 5.91 Å². The number of anilines is 1. The van der Waals surface area contributed by atoms with Gasteiger partial charge in [0.2, 0.25) is 0 Å². The Hall–Kier alpha value is -1.53. The molecule has 0 fully saturated rings. The fourth-order valence-corrected chi connectivity index (χ4v) is 1.92. The number of nitrogens with zero attached hydrogens (tertiary/aromatic N) is 2. The Morgan fingerprint density at radius 1 is 1.25 bits per heavy atom. The van der Waals surface area contributed by atoms with Crippen LogP contribution in [0.25, 0.3) is 0 Å². The van der Waals surface area contributed by atoms with Crippen LogP contribution in [0, 0.1) is 0 Å². The minimum Gasteiger partial charge on any atom is -0.397 e. The molecule has 1 aromatic heterocycles. The van der Waals surface area contributed by atoms with E-state index in [0.29, 0.717) is 50.9 Å². The summed E-state index contributed by atoms with van der Waals surface area (Å²) in [4.78, 5) is 14.2. The van der Waals surface area contributed by atoms with E-state index in [0.717, 1.165) is 0 Å². The molecule has 0 aliphatic carbocycles. The van der Waals surface area contributed by atoms with Gasteiger partial charge in [0.25, 0.3) is 5.91 Å². The van der Waals surface area contributed by atoms with Crippen LogP contribution in [0.4, 0.5) is 5.69 Å². The van der Waals surface area contributed by atoms with Gasteiger partial charge in [-0.25, -0.2) is 0 Å². The van der Waals surface area contributed by atoms with Crippen molar-refractivity contribution in [3.05, 3.63) is 18.0 Å². The normalized spacial score (nSPS) is 10.8. The zero-order chi connectivity index (χ0) is 15.0. The van der Waals surface area contributed by atoms with Gasteiger partial charge >= 0.3 is 0 Å². The number of hydrogen-bond acceptors (Lipinski definition) is 4. The number of ether oxygens (including phenoxy) is 2. The smallest absolute Gasteiger partial charge is 0.270 e. The second-order valence-electron chi connectivity index (χ2n) is 4.46. The molecule has 1 aromatic rings. The van der Waals surface area contributed by atoms with Gasteiger partial charge in [-0.05, 0) is 19.9 Å². The van der Waals surface area contributed by atoms with Crippen molar-refractivity contribution in [1.82, 2.24) is 9.47 Å². The van der Waals surface area contributed by atoms with Crippen LogP contribution in [-0.2, 0) is 16.5 Å². The molecule has 0 saturated heterocycles. The maximum absolute atomic E-state index is 12.5. The molecule has 114 valence electrons. The van der Waals surface area contributed by atoms with Gasteiger partial charge in [0.05, 0.1) is 18.9 Å². The molecule has 0 atom stereocenters. The van der Waals surface area contributed by atoms with Crippen LogP contribution in [0.5, 0.6) is 0 Å². The Balaban J connectivity index is 2.69. The Labute approximate surface area is 120 Å². The third kappa shape index (κ3) is 4.86. The molecule has 0 aliphatic rings. The molecule has 20 heavy (non-hydrogen) atoms. The van der Waals surface area contributed by atoms with Crippen molar-refractivity contribution in [1.29, 1.82) is 0 Å². The van der Waals surface area contributed by atoms with Crippen LogP contribution in [0.1, 0.15) is 24.3 Å². The summed E-state index contributed by atoms with van der Waals surface area (Å²) < 4.78 is 12.4. The van der Waals surface area contributed by atoms with Gasteiger partial charge in [0.15, 0.2) is 0 Å². The fourth-order valence-electron chi connectivity index (χ4n) is 1.92. The second kappa shape index (κ2) is 8.60. The van der Waals surface area contributed by atoms with Gasteiger partial charge in [-0.3, -0.25) is 4.79 Å². The summed E-state index contributed by atoms with van der Waals surface area (Å²) in [5.41, 5.74) is 6.89. The SMILES string of the molecule is CCOCCN(CCOCC)C(=O)c1cc(N)cn1C. The number of aryl methyl sites for hydroxylation is 1. The van der Waals surface area contributed by atoms with Crippen LogP contribution < -0.4 is 5.73 Å². The first-order valence-corrected chi connectivity index (χ1v) is 6.96. The van der Waals surface area contributed by atoms with Crippen molar-refractivity contribution in [2.24, 2.45) is 7.05 Å². The summed E-state index contributed by atoms with van der Waals surface area (Å²) in [6, 6.07) is 1.69. The summed E-state index contributed by atoms with van der Waals surface area (Å²) in [5, 5.41) is 0. The van der Waals surface area contributed by atoms with Crippen molar-refractivity contribution < 1.29 is 14.3 Å². The highest BCUT2D eigenvalue weighted by Crippen LogP contribution is 2.11. The Morgan fingerprint density at radius 2 is 1.80 bits per heavy atom. The Kier molecular flexibility index (Phi) is 7.11. The average Bonchev–Trinajstić information content (AvgIpc) is 2.75. The second-order valence-corrected chi connectivity index (χ2v) is 4.46. The lowest BCUT2D eigenvalue weighted by Gasteiger charge is -2.22. The standard InChI is InChI=1S/C14H25N3O3/c1-4-19-8-6-17(7-9-20-5-2)14(18)13-10-12(15)11-16(13)3/h10-11H,4-9,15H2,1-3H3. The zero-order valence-corrected chi connectivity index (χ0v) is 12.6. The average molecular weight is 283 g/mol. The number of rotatable bonds is 9. The minimum atomic E-state index is -0.0522. The quantitative estimate of drug-likeness (QED) is 0.690. The monoisotopic (exact) mass is 283 g/mol. The highest BCUT2D eigenvalue weighted by atomic mass is 16.5. The minimum absolute atomic E-state index is 0.0522. The molecule has 0 saturated carbocycles. The summed E-state index contributed by atoms with van der Waals surface area (Å²) >= 11 is 0. The van der Waals surface area contributed by atoms with Gasteiger partial charge < -0.3 is 24.7 Å². The Morgan fingerprint density at radius 3 is 2.20 bits per heavy atom. The first kappa shape index (κ1) is 16.5. The predicted molar refractivity (Wildman–Crippen MR) is 78.7 cm³/mol. The number of hydrogen-bond donors (Lipinski definition) is 1. The number of amides is 1. The first-order valence-electron chi connectivity index (χ1n) is 6.96. The highest BCUT2D eigenvalue weighted by molar-refractivity contribution is 5.93. The van der Waals surface area contributed by atoms with E-state index in [1.807, 2.05) is 20.9 Å². The van der Waals surface area contributed by atoms with Crippen molar-refractivity contribution in [3.8, 4) is 0 Å². The number of carbonyl (C=O) groups excluding carboxylic acids is 1. The topological polar surface area (TPSA) is 69.7 Å². The molecule has 0 radical (unpaired) electrons. The first-order chi connectivity index (χ1) is 9.60. The summed E-state index contributed by atoms with van der Waals surface area (Å²) in [7, 11) is 1.81. The predicted octanol–water partition coefficient (Wildman–Crippen LogP) is 1.12. The lowest BCUT2D eigenvalue weighted by molar-refractivity contribution is 0.0542. The van der Waals surface area contributed by atoms with E-state index in [1.165, 1.54) is 0 Å². The van der Waals surface area contributed by atoms with E-state index in [2.05, 4.69) is 0 Å². The number of aromatic nitrogens is 1. The van der Waals surface area contributed by atoms with E-state index < -0.39 is 0 Å². The van der Waals surface area contributed by atoms with Gasteiger partial charge in [-0.1, -0.05) is 0 Å². The molecule has 0 spiro atoms. The van der Waals surface area contributed by atoms with Gasteiger partial charge in [0, 0.05) is 39.5 Å². The third-order valence-corrected chi connectivity index (χ3v) is 2.95.